The molecule has 0 spiro atoms. The Kier molecular flexibility index (Phi) is 4.84. The van der Waals surface area contributed by atoms with Crippen LogP contribution in [0.25, 0.3) is 11.5 Å². The van der Waals surface area contributed by atoms with Crippen LogP contribution in [0.15, 0.2) is 61.3 Å². The second-order valence-corrected chi connectivity index (χ2v) is 6.61. The van der Waals surface area contributed by atoms with Crippen molar-refractivity contribution in [2.45, 2.75) is 12.5 Å². The highest BCUT2D eigenvalue weighted by Gasteiger charge is 2.34. The molecule has 0 aromatic carbocycles. The lowest BCUT2D eigenvalue weighted by Crippen LogP contribution is -2.29. The number of carbonyl (C=O) groups is 1. The summed E-state index contributed by atoms with van der Waals surface area (Å²) in [6.07, 6.45) is 8.34. The van der Waals surface area contributed by atoms with Crippen LogP contribution in [-0.2, 0) is 6.42 Å². The molecule has 3 aromatic rings. The van der Waals surface area contributed by atoms with Crippen molar-refractivity contribution in [3.63, 3.8) is 0 Å². The molecule has 0 radical (unpaired) electrons. The number of pyridine rings is 2. The van der Waals surface area contributed by atoms with Gasteiger partial charge in [0, 0.05) is 50.0 Å². The molecule has 136 valence electrons. The van der Waals surface area contributed by atoms with Crippen LogP contribution in [-0.4, -0.2) is 55.0 Å². The summed E-state index contributed by atoms with van der Waals surface area (Å²) in [5, 5.41) is 10.4. The maximum Gasteiger partial charge on any atom is 0.257 e. The van der Waals surface area contributed by atoms with Gasteiger partial charge in [-0.25, -0.2) is 9.97 Å². The van der Waals surface area contributed by atoms with Gasteiger partial charge < -0.3 is 10.0 Å². The first-order valence-electron chi connectivity index (χ1n) is 8.80. The average Bonchev–Trinajstić information content (AvgIpc) is 3.09. The molecule has 2 atom stereocenters. The lowest BCUT2D eigenvalue weighted by Gasteiger charge is -2.16. The third-order valence-electron chi connectivity index (χ3n) is 4.73. The molecule has 4 rings (SSSR count). The number of amides is 1. The number of hydrogen-bond acceptors (Lipinski definition) is 6. The average molecular weight is 361 g/mol. The SMILES string of the molecule is O=C(c1cnc(-c2ccccn2)nc1)N1C[C@@H](Cc2ccncc2)[C@@H](O)C1. The Morgan fingerprint density at radius 1 is 1.04 bits per heavy atom. The van der Waals surface area contributed by atoms with Gasteiger partial charge in [0.2, 0.25) is 0 Å². The fraction of sp³-hybridized carbons (Fsp3) is 0.250. The molecule has 3 aromatic heterocycles. The Balaban J connectivity index is 1.44. The molecule has 1 amide bonds. The zero-order valence-corrected chi connectivity index (χ0v) is 14.6. The number of carbonyl (C=O) groups excluding carboxylic acids is 1. The number of aliphatic hydroxyl groups is 1. The fourth-order valence-electron chi connectivity index (χ4n) is 3.29. The van der Waals surface area contributed by atoms with E-state index in [0.29, 0.717) is 36.6 Å². The highest BCUT2D eigenvalue weighted by Crippen LogP contribution is 2.23. The Morgan fingerprint density at radius 3 is 2.52 bits per heavy atom. The molecule has 0 saturated carbocycles. The molecule has 27 heavy (non-hydrogen) atoms. The first kappa shape index (κ1) is 17.2. The smallest absolute Gasteiger partial charge is 0.257 e. The maximum absolute atomic E-state index is 12.7. The summed E-state index contributed by atoms with van der Waals surface area (Å²) in [5.41, 5.74) is 2.17. The molecular weight excluding hydrogens is 342 g/mol. The summed E-state index contributed by atoms with van der Waals surface area (Å²) in [4.78, 5) is 31.1. The third kappa shape index (κ3) is 3.83. The molecule has 7 nitrogen and oxygen atoms in total. The van der Waals surface area contributed by atoms with Crippen molar-refractivity contribution in [1.29, 1.82) is 0 Å². The van der Waals surface area contributed by atoms with E-state index < -0.39 is 6.10 Å². The summed E-state index contributed by atoms with van der Waals surface area (Å²) in [5.74, 6) is 0.313. The molecule has 7 heteroatoms. The first-order chi connectivity index (χ1) is 13.2. The number of aromatic nitrogens is 4. The van der Waals surface area contributed by atoms with E-state index in [2.05, 4.69) is 19.9 Å². The second kappa shape index (κ2) is 7.59. The highest BCUT2D eigenvalue weighted by molar-refractivity contribution is 5.94. The number of rotatable bonds is 4. The number of nitrogens with zero attached hydrogens (tertiary/aromatic N) is 5. The molecular formula is C20H19N5O2. The summed E-state index contributed by atoms with van der Waals surface area (Å²) in [6, 6.07) is 9.36. The van der Waals surface area contributed by atoms with Gasteiger partial charge in [-0.2, -0.15) is 0 Å². The quantitative estimate of drug-likeness (QED) is 0.759. The van der Waals surface area contributed by atoms with E-state index >= 15 is 0 Å². The van der Waals surface area contributed by atoms with Crippen molar-refractivity contribution in [1.82, 2.24) is 24.8 Å². The van der Waals surface area contributed by atoms with Crippen molar-refractivity contribution in [2.24, 2.45) is 5.92 Å². The standard InChI is InChI=1S/C20H19N5O2/c26-18-13-25(12-15(18)9-14-4-7-21-8-5-14)20(27)16-10-23-19(24-11-16)17-3-1-2-6-22-17/h1-8,10-11,15,18,26H,9,12-13H2/t15-,18+/m1/s1. The van der Waals surface area contributed by atoms with Crippen LogP contribution in [0.5, 0.6) is 0 Å². The van der Waals surface area contributed by atoms with E-state index in [1.807, 2.05) is 30.3 Å². The van der Waals surface area contributed by atoms with Crippen molar-refractivity contribution >= 4 is 5.91 Å². The Labute approximate surface area is 156 Å². The summed E-state index contributed by atoms with van der Waals surface area (Å²) >= 11 is 0. The van der Waals surface area contributed by atoms with Gasteiger partial charge in [0.15, 0.2) is 5.82 Å². The minimum absolute atomic E-state index is 0.00469. The van der Waals surface area contributed by atoms with Gasteiger partial charge in [-0.05, 0) is 36.2 Å². The van der Waals surface area contributed by atoms with Gasteiger partial charge in [-0.1, -0.05) is 6.07 Å². The van der Waals surface area contributed by atoms with Gasteiger partial charge in [0.25, 0.3) is 5.91 Å². The zero-order valence-electron chi connectivity index (χ0n) is 14.6. The number of hydrogen-bond donors (Lipinski definition) is 1. The molecule has 1 saturated heterocycles. The van der Waals surface area contributed by atoms with Crippen LogP contribution in [0.3, 0.4) is 0 Å². The number of aliphatic hydroxyl groups excluding tert-OH is 1. The monoisotopic (exact) mass is 361 g/mol. The lowest BCUT2D eigenvalue weighted by atomic mass is 9.97. The number of β-amino-alcohol motifs (C(OH)–C–C–N with tert-alkyl or cyclic N) is 1. The van der Waals surface area contributed by atoms with Crippen LogP contribution < -0.4 is 0 Å². The topological polar surface area (TPSA) is 92.1 Å². The van der Waals surface area contributed by atoms with E-state index in [9.17, 15) is 9.90 Å². The lowest BCUT2D eigenvalue weighted by molar-refractivity contribution is 0.0764. The molecule has 0 aliphatic carbocycles. The molecule has 0 bridgehead atoms. The first-order valence-corrected chi connectivity index (χ1v) is 8.80. The molecule has 1 aliphatic heterocycles. The van der Waals surface area contributed by atoms with Crippen molar-refractivity contribution in [3.8, 4) is 11.5 Å². The summed E-state index contributed by atoms with van der Waals surface area (Å²) in [6.45, 7) is 0.820. The zero-order chi connectivity index (χ0) is 18.6. The summed E-state index contributed by atoms with van der Waals surface area (Å²) < 4.78 is 0. The second-order valence-electron chi connectivity index (χ2n) is 6.61. The minimum atomic E-state index is -0.546. The maximum atomic E-state index is 12.7. The Bertz CT molecular complexity index is 903. The van der Waals surface area contributed by atoms with Crippen LogP contribution in [0.4, 0.5) is 0 Å². The van der Waals surface area contributed by atoms with Gasteiger partial charge in [-0.15, -0.1) is 0 Å². The van der Waals surface area contributed by atoms with E-state index in [1.54, 1.807) is 23.5 Å². The third-order valence-corrected chi connectivity index (χ3v) is 4.73. The van der Waals surface area contributed by atoms with Crippen LogP contribution >= 0.6 is 0 Å². The molecule has 0 unspecified atom stereocenters. The van der Waals surface area contributed by atoms with E-state index in [1.165, 1.54) is 12.4 Å². The number of likely N-dealkylation sites (tertiary alicyclic amines) is 1. The Morgan fingerprint density at radius 2 is 1.81 bits per heavy atom. The highest BCUT2D eigenvalue weighted by atomic mass is 16.3. The largest absolute Gasteiger partial charge is 0.391 e. The van der Waals surface area contributed by atoms with Crippen molar-refractivity contribution in [2.75, 3.05) is 13.1 Å². The molecule has 4 heterocycles. The van der Waals surface area contributed by atoms with Crippen molar-refractivity contribution < 1.29 is 9.90 Å². The van der Waals surface area contributed by atoms with Crippen LogP contribution in [0, 0.1) is 5.92 Å². The minimum Gasteiger partial charge on any atom is -0.391 e. The van der Waals surface area contributed by atoms with E-state index in [4.69, 9.17) is 0 Å². The van der Waals surface area contributed by atoms with Crippen LogP contribution in [0.1, 0.15) is 15.9 Å². The van der Waals surface area contributed by atoms with Gasteiger partial charge in [0.05, 0.1) is 11.7 Å². The fourth-order valence-corrected chi connectivity index (χ4v) is 3.29. The van der Waals surface area contributed by atoms with Crippen molar-refractivity contribution in [3.05, 3.63) is 72.4 Å². The van der Waals surface area contributed by atoms with Gasteiger partial charge >= 0.3 is 0 Å². The normalized spacial score (nSPS) is 19.2. The molecule has 1 fully saturated rings. The van der Waals surface area contributed by atoms with Gasteiger partial charge in [-0.3, -0.25) is 14.8 Å². The molecule has 1 aliphatic rings. The predicted molar refractivity (Wildman–Crippen MR) is 98.6 cm³/mol. The summed E-state index contributed by atoms with van der Waals surface area (Å²) in [7, 11) is 0. The Hall–Kier alpha value is -3.19. The predicted octanol–water partition coefficient (Wildman–Crippen LogP) is 1.61. The van der Waals surface area contributed by atoms with E-state index in [0.717, 1.165) is 5.56 Å². The van der Waals surface area contributed by atoms with E-state index in [-0.39, 0.29) is 11.8 Å². The van der Waals surface area contributed by atoms with Crippen LogP contribution in [0.2, 0.25) is 0 Å². The molecule has 1 N–H and O–H groups in total. The van der Waals surface area contributed by atoms with Gasteiger partial charge in [0.1, 0.15) is 5.69 Å².